The van der Waals surface area contributed by atoms with Gasteiger partial charge < -0.3 is 20.1 Å². The lowest BCUT2D eigenvalue weighted by Gasteiger charge is -2.52. The molecule has 1 aromatic rings. The summed E-state index contributed by atoms with van der Waals surface area (Å²) in [6.45, 7) is 6.00. The lowest BCUT2D eigenvalue weighted by molar-refractivity contribution is -0.154. The molecule has 1 amide bonds. The Morgan fingerprint density at radius 2 is 1.86 bits per heavy atom. The minimum atomic E-state index is -1.05. The third kappa shape index (κ3) is 5.31. The van der Waals surface area contributed by atoms with E-state index in [0.717, 1.165) is 6.42 Å². The molecule has 29 heavy (non-hydrogen) atoms. The molecule has 0 spiro atoms. The molecule has 3 atom stereocenters. The van der Waals surface area contributed by atoms with E-state index in [1.54, 1.807) is 7.05 Å². The van der Waals surface area contributed by atoms with Crippen LogP contribution in [0.15, 0.2) is 30.6 Å². The van der Waals surface area contributed by atoms with Crippen LogP contribution in [0.4, 0.5) is 31.8 Å². The molecule has 12 heteroatoms. The van der Waals surface area contributed by atoms with Gasteiger partial charge in [0.15, 0.2) is 0 Å². The van der Waals surface area contributed by atoms with Crippen molar-refractivity contribution < 1.29 is 46.5 Å². The van der Waals surface area contributed by atoms with Crippen LogP contribution in [0, 0.1) is 11.7 Å². The molecule has 0 saturated carbocycles. The molecule has 0 radical (unpaired) electrons. The first-order valence-corrected chi connectivity index (χ1v) is 8.17. The van der Waals surface area contributed by atoms with Crippen LogP contribution in [0.1, 0.15) is 25.3 Å². The van der Waals surface area contributed by atoms with Gasteiger partial charge in [-0.2, -0.15) is 0 Å². The van der Waals surface area contributed by atoms with Gasteiger partial charge in [0.05, 0.1) is 18.6 Å². The Bertz CT molecular complexity index is 680. The Morgan fingerprint density at radius 1 is 1.28 bits per heavy atom. The number of halogens is 7. The number of amides is 1. The third-order valence-electron chi connectivity index (χ3n) is 4.93. The van der Waals surface area contributed by atoms with Crippen LogP contribution in [0.25, 0.3) is 0 Å². The number of phenolic OH excluding ortho intramolecular Hbond substituents is 1. The first-order valence-electron chi connectivity index (χ1n) is 8.17. The van der Waals surface area contributed by atoms with E-state index in [2.05, 4.69) is 11.9 Å². The molecule has 0 aliphatic carbocycles. The van der Waals surface area contributed by atoms with Gasteiger partial charge in [0.1, 0.15) is 22.9 Å². The molecule has 2 aliphatic rings. The fourth-order valence-corrected chi connectivity index (χ4v) is 3.50. The van der Waals surface area contributed by atoms with Gasteiger partial charge in [0, 0.05) is 40.1 Å². The van der Waals surface area contributed by atoms with Crippen LogP contribution in [0.5, 0.6) is 5.75 Å². The van der Waals surface area contributed by atoms with Crippen molar-refractivity contribution in [1.82, 2.24) is 10.2 Å². The third-order valence-corrected chi connectivity index (χ3v) is 4.93. The Hall–Kier alpha value is -2.50. The minimum absolute atomic E-state index is 0.0426. The van der Waals surface area contributed by atoms with E-state index in [0.29, 0.717) is 12.2 Å². The van der Waals surface area contributed by atoms with Gasteiger partial charge in [-0.25, -0.2) is 4.39 Å². The number of ether oxygens (including phenoxy) is 1. The number of hydrogen-bond acceptors (Lipinski definition) is 4. The van der Waals surface area contributed by atoms with Crippen LogP contribution in [-0.4, -0.2) is 35.7 Å². The quantitative estimate of drug-likeness (QED) is 0.669. The highest BCUT2D eigenvalue weighted by Gasteiger charge is 2.54. The Labute approximate surface area is 162 Å². The summed E-state index contributed by atoms with van der Waals surface area (Å²) in [5.41, 5.74) is -0.811. The predicted molar refractivity (Wildman–Crippen MR) is 89.6 cm³/mol. The van der Waals surface area contributed by atoms with E-state index >= 15 is 0 Å². The van der Waals surface area contributed by atoms with Crippen LogP contribution in [-0.2, 0) is 15.1 Å². The topological polar surface area (TPSA) is 61.8 Å². The fraction of sp³-hybridized carbons (Fsp3) is 0.471. The normalized spacial score (nSPS) is 25.1. The van der Waals surface area contributed by atoms with E-state index in [4.69, 9.17) is 32.2 Å². The van der Waals surface area contributed by atoms with Gasteiger partial charge in [0.25, 0.3) is 0 Å². The zero-order valence-corrected chi connectivity index (χ0v) is 15.6. The molecule has 0 unspecified atom stereocenters. The van der Waals surface area contributed by atoms with Crippen molar-refractivity contribution in [2.45, 2.75) is 31.4 Å². The van der Waals surface area contributed by atoms with Gasteiger partial charge in [-0.05, 0) is 31.0 Å². The van der Waals surface area contributed by atoms with Crippen molar-refractivity contribution in [2.24, 2.45) is 5.92 Å². The van der Waals surface area contributed by atoms with E-state index in [-0.39, 0.29) is 29.9 Å². The summed E-state index contributed by atoms with van der Waals surface area (Å²) in [6, 6.07) is 3.85. The summed E-state index contributed by atoms with van der Waals surface area (Å²) < 4.78 is 68.3. The molecule has 1 aromatic carbocycles. The van der Waals surface area contributed by atoms with E-state index in [9.17, 15) is 14.3 Å². The lowest BCUT2D eigenvalue weighted by Crippen LogP contribution is -2.65. The maximum absolute atomic E-state index is 14.5. The highest BCUT2D eigenvalue weighted by molar-refractivity contribution is 5.83. The van der Waals surface area contributed by atoms with Crippen LogP contribution in [0.3, 0.4) is 0 Å². The molecule has 2 N–H and O–H groups in total. The standard InChI is InChI=1S/C17H21FN2O3.3F2/c1-4-12-8-14-16(22)20(3)10(2)19-17(14,9-23-12)13-7-11(21)5-6-15(13)18;3*1-2/h5-7,12,14,19,21H,2,4,8-9H2,1,3H3;;;/t12-,14-,17+;;;/m0.../s1. The number of benzene rings is 1. The molecule has 0 bridgehead atoms. The molecule has 2 saturated heterocycles. The van der Waals surface area contributed by atoms with Crippen molar-refractivity contribution in [3.8, 4) is 5.75 Å². The molecule has 5 nitrogen and oxygen atoms in total. The molecule has 166 valence electrons. The maximum atomic E-state index is 14.5. The summed E-state index contributed by atoms with van der Waals surface area (Å²) in [7, 11) is 1.65. The highest BCUT2D eigenvalue weighted by Crippen LogP contribution is 2.44. The summed E-state index contributed by atoms with van der Waals surface area (Å²) >= 11 is 0. The fourth-order valence-electron chi connectivity index (χ4n) is 3.50. The second-order valence-electron chi connectivity index (χ2n) is 6.23. The number of carbonyl (C=O) groups is 1. The van der Waals surface area contributed by atoms with Crippen molar-refractivity contribution in [1.29, 1.82) is 0 Å². The Morgan fingerprint density at radius 3 is 2.41 bits per heavy atom. The number of phenols is 1. The average Bonchev–Trinajstić information content (AvgIpc) is 2.78. The van der Waals surface area contributed by atoms with Crippen molar-refractivity contribution >= 4 is 5.91 Å². The number of nitrogens with one attached hydrogen (secondary N) is 1. The summed E-state index contributed by atoms with van der Waals surface area (Å²) in [6.07, 6.45) is 1.24. The van der Waals surface area contributed by atoms with Gasteiger partial charge in [-0.15, -0.1) is 0 Å². The summed E-state index contributed by atoms with van der Waals surface area (Å²) in [5, 5.41) is 13.0. The Kier molecular flexibility index (Phi) is 11.1. The van der Waals surface area contributed by atoms with Crippen LogP contribution >= 0.6 is 0 Å². The number of carbonyl (C=O) groups excluding carboxylic acids is 1. The number of hydrogen-bond donors (Lipinski definition) is 2. The van der Waals surface area contributed by atoms with Crippen molar-refractivity contribution in [3.05, 3.63) is 42.0 Å². The summed E-state index contributed by atoms with van der Waals surface area (Å²) in [4.78, 5) is 14.3. The first kappa shape index (κ1) is 26.5. The summed E-state index contributed by atoms with van der Waals surface area (Å²) in [5.74, 6) is -0.728. The number of rotatable bonds is 2. The first-order chi connectivity index (χ1) is 13.9. The number of fused-ring (bicyclic) bond motifs is 1. The second-order valence-corrected chi connectivity index (χ2v) is 6.23. The van der Waals surface area contributed by atoms with E-state index in [1.807, 2.05) is 6.92 Å². The molecule has 3 rings (SSSR count). The SMILES string of the molecule is C=C1N[C@@]2(c3cc(O)ccc3F)CO[C@@H](CC)C[C@H]2C(=O)N1C.FF.FF.FF. The second kappa shape index (κ2) is 12.1. The maximum Gasteiger partial charge on any atom is 0.233 e. The minimum Gasteiger partial charge on any atom is -0.508 e. The van der Waals surface area contributed by atoms with Gasteiger partial charge in [0.2, 0.25) is 5.91 Å². The highest BCUT2D eigenvalue weighted by atomic mass is 20.0. The van der Waals surface area contributed by atoms with Crippen LogP contribution in [0.2, 0.25) is 0 Å². The van der Waals surface area contributed by atoms with E-state index < -0.39 is 17.3 Å². The predicted octanol–water partition coefficient (Wildman–Crippen LogP) is 4.60. The molecule has 0 aromatic heterocycles. The lowest BCUT2D eigenvalue weighted by atomic mass is 9.71. The zero-order valence-electron chi connectivity index (χ0n) is 15.6. The van der Waals surface area contributed by atoms with Gasteiger partial charge in [-0.1, -0.05) is 13.5 Å². The number of aromatic hydroxyl groups is 1. The monoisotopic (exact) mass is 434 g/mol. The largest absolute Gasteiger partial charge is 0.508 e. The average molecular weight is 434 g/mol. The molecule has 2 fully saturated rings. The van der Waals surface area contributed by atoms with Crippen molar-refractivity contribution in [3.63, 3.8) is 0 Å². The zero-order chi connectivity index (χ0) is 22.8. The Balaban J connectivity index is 0.00000120. The molecule has 2 aliphatic heterocycles. The van der Waals surface area contributed by atoms with Crippen LogP contribution < -0.4 is 5.32 Å². The number of nitrogens with zero attached hydrogens (tertiary/aromatic N) is 1. The van der Waals surface area contributed by atoms with Gasteiger partial charge >= 0.3 is 0 Å². The molecular formula is C17H21F7N2O3. The molecule has 2 heterocycles. The molecular weight excluding hydrogens is 413 g/mol. The van der Waals surface area contributed by atoms with Gasteiger partial charge in [-0.3, -0.25) is 4.79 Å². The van der Waals surface area contributed by atoms with Crippen molar-refractivity contribution in [2.75, 3.05) is 13.7 Å². The van der Waals surface area contributed by atoms with E-state index in [1.165, 1.54) is 23.1 Å². The smallest absolute Gasteiger partial charge is 0.233 e.